The number of carbonyl (C=O) groups excluding carboxylic acids is 1. The fourth-order valence-electron chi connectivity index (χ4n) is 3.41. The third-order valence-electron chi connectivity index (χ3n) is 4.97. The molecule has 1 saturated carbocycles. The van der Waals surface area contributed by atoms with Gasteiger partial charge in [-0.05, 0) is 26.3 Å². The number of cyclic esters (lactones) is 1. The van der Waals surface area contributed by atoms with Gasteiger partial charge in [-0.3, -0.25) is 14.6 Å². The molecule has 0 amide bonds. The van der Waals surface area contributed by atoms with E-state index in [4.69, 9.17) is 9.26 Å². The van der Waals surface area contributed by atoms with Gasteiger partial charge in [0.05, 0.1) is 13.2 Å². The second kappa shape index (κ2) is 5.62. The van der Waals surface area contributed by atoms with Gasteiger partial charge in [-0.1, -0.05) is 5.16 Å². The lowest BCUT2D eigenvalue weighted by Crippen LogP contribution is -2.40. The van der Waals surface area contributed by atoms with Crippen LogP contribution in [0.4, 0.5) is 0 Å². The Balaban J connectivity index is 1.32. The zero-order valence-electron chi connectivity index (χ0n) is 12.9. The normalized spacial score (nSPS) is 29.5. The Morgan fingerprint density at radius 3 is 2.91 bits per heavy atom. The van der Waals surface area contributed by atoms with Gasteiger partial charge in [-0.15, -0.1) is 0 Å². The molecule has 2 saturated heterocycles. The molecule has 1 aromatic rings. The summed E-state index contributed by atoms with van der Waals surface area (Å²) < 4.78 is 10.4. The van der Waals surface area contributed by atoms with Crippen LogP contribution in [0.1, 0.15) is 43.3 Å². The number of hydrogen-bond donors (Lipinski definition) is 0. The van der Waals surface area contributed by atoms with Gasteiger partial charge >= 0.3 is 5.97 Å². The van der Waals surface area contributed by atoms with Crippen molar-refractivity contribution in [3.05, 3.63) is 11.7 Å². The summed E-state index contributed by atoms with van der Waals surface area (Å²) in [5.41, 5.74) is 0. The van der Waals surface area contributed by atoms with Crippen molar-refractivity contribution in [2.75, 3.05) is 26.7 Å². The smallest absolute Gasteiger partial charge is 0.323 e. The van der Waals surface area contributed by atoms with E-state index in [-0.39, 0.29) is 12.0 Å². The van der Waals surface area contributed by atoms with Crippen LogP contribution in [0.25, 0.3) is 0 Å². The molecular weight excluding hydrogens is 284 g/mol. The van der Waals surface area contributed by atoms with Gasteiger partial charge in [0.15, 0.2) is 5.82 Å². The maximum absolute atomic E-state index is 11.7. The first-order chi connectivity index (χ1) is 10.7. The molecule has 7 heteroatoms. The fourth-order valence-corrected chi connectivity index (χ4v) is 3.41. The van der Waals surface area contributed by atoms with E-state index in [2.05, 4.69) is 27.0 Å². The van der Waals surface area contributed by atoms with Crippen LogP contribution in [0.2, 0.25) is 0 Å². The quantitative estimate of drug-likeness (QED) is 0.744. The predicted molar refractivity (Wildman–Crippen MR) is 77.1 cm³/mol. The van der Waals surface area contributed by atoms with Crippen LogP contribution in [-0.2, 0) is 16.1 Å². The number of nitrogens with zero attached hydrogens (tertiary/aromatic N) is 4. The summed E-state index contributed by atoms with van der Waals surface area (Å²) in [6.07, 6.45) is 4.23. The van der Waals surface area contributed by atoms with Gasteiger partial charge in [-0.2, -0.15) is 4.98 Å². The highest BCUT2D eigenvalue weighted by atomic mass is 16.5. The summed E-state index contributed by atoms with van der Waals surface area (Å²) in [6.45, 7) is 3.12. The molecule has 0 aromatic carbocycles. The lowest BCUT2D eigenvalue weighted by molar-refractivity contribution is -0.142. The number of likely N-dealkylation sites (tertiary alicyclic amines) is 1. The monoisotopic (exact) mass is 306 g/mol. The number of hydrogen-bond acceptors (Lipinski definition) is 7. The first-order valence-electron chi connectivity index (χ1n) is 8.14. The van der Waals surface area contributed by atoms with Crippen molar-refractivity contribution in [2.24, 2.45) is 0 Å². The van der Waals surface area contributed by atoms with E-state index in [9.17, 15) is 4.79 Å². The molecule has 0 unspecified atom stereocenters. The van der Waals surface area contributed by atoms with Gasteiger partial charge in [0.2, 0.25) is 5.89 Å². The molecule has 3 aliphatic rings. The highest BCUT2D eigenvalue weighted by molar-refractivity contribution is 5.77. The number of rotatable bonds is 5. The maximum Gasteiger partial charge on any atom is 0.323 e. The summed E-state index contributed by atoms with van der Waals surface area (Å²) in [5, 5.41) is 4.08. The summed E-state index contributed by atoms with van der Waals surface area (Å²) >= 11 is 0. The van der Waals surface area contributed by atoms with Crippen molar-refractivity contribution in [2.45, 2.75) is 50.2 Å². The second-order valence-electron chi connectivity index (χ2n) is 6.65. The zero-order chi connectivity index (χ0) is 15.1. The Bertz CT molecular complexity index is 557. The number of ether oxygens (including phenoxy) is 1. The van der Waals surface area contributed by atoms with Crippen molar-refractivity contribution in [3.8, 4) is 0 Å². The predicted octanol–water partition coefficient (Wildman–Crippen LogP) is 0.769. The van der Waals surface area contributed by atoms with Gasteiger partial charge in [-0.25, -0.2) is 0 Å². The van der Waals surface area contributed by atoms with E-state index in [0.29, 0.717) is 25.1 Å². The molecule has 22 heavy (non-hydrogen) atoms. The minimum atomic E-state index is -0.0597. The molecule has 2 aliphatic heterocycles. The van der Waals surface area contributed by atoms with Crippen LogP contribution in [0.5, 0.6) is 0 Å². The van der Waals surface area contributed by atoms with Gasteiger partial charge in [0.25, 0.3) is 0 Å². The average Bonchev–Trinajstić information content (AvgIpc) is 2.91. The fraction of sp³-hybridized carbons (Fsp3) is 0.800. The number of esters is 1. The Hall–Kier alpha value is -1.47. The molecule has 7 nitrogen and oxygen atoms in total. The first-order valence-corrected chi connectivity index (χ1v) is 8.14. The Morgan fingerprint density at radius 2 is 2.18 bits per heavy atom. The molecule has 0 N–H and O–H groups in total. The molecule has 1 aliphatic carbocycles. The lowest BCUT2D eigenvalue weighted by Gasteiger charge is -2.24. The Labute approximate surface area is 129 Å². The minimum Gasteiger partial charge on any atom is -0.464 e. The number of aromatic nitrogens is 2. The van der Waals surface area contributed by atoms with Gasteiger partial charge < -0.3 is 9.26 Å². The highest BCUT2D eigenvalue weighted by Crippen LogP contribution is 2.38. The van der Waals surface area contributed by atoms with Crippen molar-refractivity contribution < 1.29 is 14.1 Å². The van der Waals surface area contributed by atoms with E-state index < -0.39 is 0 Å². The van der Waals surface area contributed by atoms with E-state index in [1.54, 1.807) is 0 Å². The molecule has 0 spiro atoms. The van der Waals surface area contributed by atoms with Crippen molar-refractivity contribution >= 4 is 5.97 Å². The van der Waals surface area contributed by atoms with E-state index in [1.165, 1.54) is 12.8 Å². The number of carbonyl (C=O) groups is 1. The first kappa shape index (κ1) is 14.1. The molecule has 0 bridgehead atoms. The van der Waals surface area contributed by atoms with Crippen molar-refractivity contribution in [1.29, 1.82) is 0 Å². The molecule has 3 heterocycles. The number of likely N-dealkylation sites (N-methyl/N-ethyl adjacent to an activating group) is 1. The van der Waals surface area contributed by atoms with Crippen LogP contribution in [0, 0.1) is 0 Å². The average molecular weight is 306 g/mol. The molecular formula is C15H22N4O3. The van der Waals surface area contributed by atoms with Crippen LogP contribution >= 0.6 is 0 Å². The summed E-state index contributed by atoms with van der Waals surface area (Å²) in [4.78, 5) is 20.7. The largest absolute Gasteiger partial charge is 0.464 e. The zero-order valence-corrected chi connectivity index (χ0v) is 12.9. The van der Waals surface area contributed by atoms with Crippen LogP contribution < -0.4 is 0 Å². The summed E-state index contributed by atoms with van der Waals surface area (Å²) in [5.74, 6) is 2.01. The van der Waals surface area contributed by atoms with Crippen LogP contribution in [0.3, 0.4) is 0 Å². The van der Waals surface area contributed by atoms with Gasteiger partial charge in [0.1, 0.15) is 6.04 Å². The molecule has 120 valence electrons. The lowest BCUT2D eigenvalue weighted by atomic mass is 10.2. The van der Waals surface area contributed by atoms with Gasteiger partial charge in [0, 0.05) is 31.5 Å². The van der Waals surface area contributed by atoms with Crippen LogP contribution in [0.15, 0.2) is 4.52 Å². The molecule has 0 radical (unpaired) electrons. The standard InChI is InChI=1S/C15H22N4O3/c1-18(9-13-16-14(22-17-13)10-2-3-10)11-4-6-19(8-11)12-5-7-21-15(12)20/h10-12H,2-9H2,1H3/t11-,12+/m1/s1. The van der Waals surface area contributed by atoms with E-state index in [1.807, 2.05) is 0 Å². The summed E-state index contributed by atoms with van der Waals surface area (Å²) in [7, 11) is 2.09. The summed E-state index contributed by atoms with van der Waals surface area (Å²) in [6, 6.07) is 0.390. The molecule has 4 rings (SSSR count). The third kappa shape index (κ3) is 2.75. The maximum atomic E-state index is 11.7. The minimum absolute atomic E-state index is 0.0370. The third-order valence-corrected chi connectivity index (χ3v) is 4.97. The van der Waals surface area contributed by atoms with E-state index >= 15 is 0 Å². The molecule has 1 aromatic heterocycles. The van der Waals surface area contributed by atoms with Crippen LogP contribution in [-0.4, -0.2) is 64.7 Å². The van der Waals surface area contributed by atoms with Crippen molar-refractivity contribution in [3.63, 3.8) is 0 Å². The topological polar surface area (TPSA) is 71.7 Å². The molecule has 2 atom stereocenters. The molecule has 3 fully saturated rings. The Kier molecular flexibility index (Phi) is 3.62. The second-order valence-corrected chi connectivity index (χ2v) is 6.65. The van der Waals surface area contributed by atoms with Crippen molar-refractivity contribution in [1.82, 2.24) is 19.9 Å². The Morgan fingerprint density at radius 1 is 1.32 bits per heavy atom. The highest BCUT2D eigenvalue weighted by Gasteiger charge is 2.38. The van der Waals surface area contributed by atoms with E-state index in [0.717, 1.165) is 37.6 Å². The SMILES string of the molecule is CN(Cc1noc(C2CC2)n1)[C@@H]1CCN([C@H]2CCOC2=O)C1.